The highest BCUT2D eigenvalue weighted by Crippen LogP contribution is 2.16. The monoisotopic (exact) mass is 312 g/mol. The van der Waals surface area contributed by atoms with Crippen molar-refractivity contribution in [1.29, 1.82) is 0 Å². The molecule has 2 heteroatoms. The van der Waals surface area contributed by atoms with Gasteiger partial charge in [-0.3, -0.25) is 9.98 Å². The quantitative estimate of drug-likeness (QED) is 0.530. The summed E-state index contributed by atoms with van der Waals surface area (Å²) in [6.07, 6.45) is 0. The highest BCUT2D eigenvalue weighted by molar-refractivity contribution is 6.03. The molecule has 0 spiro atoms. The average molecular weight is 312 g/mol. The Labute approximate surface area is 143 Å². The second kappa shape index (κ2) is 7.51. The van der Waals surface area contributed by atoms with E-state index < -0.39 is 0 Å². The van der Waals surface area contributed by atoms with Crippen LogP contribution in [0.15, 0.2) is 94.9 Å². The average Bonchev–Trinajstić information content (AvgIpc) is 2.63. The summed E-state index contributed by atoms with van der Waals surface area (Å²) in [5.74, 6) is 0. The fourth-order valence-electron chi connectivity index (χ4n) is 2.47. The topological polar surface area (TPSA) is 24.7 Å². The molecule has 3 aromatic rings. The smallest absolute Gasteiger partial charge is 0.0633 e. The molecule has 0 aliphatic rings. The molecule has 0 saturated carbocycles. The summed E-state index contributed by atoms with van der Waals surface area (Å²) >= 11 is 0. The SMILES string of the molecule is CC(=Nc1ccccc1)c1ccc(C(C)=Nc2ccccc2)cc1. The Balaban J connectivity index is 1.80. The number of para-hydroxylation sites is 2. The van der Waals surface area contributed by atoms with Crippen LogP contribution in [0.3, 0.4) is 0 Å². The minimum atomic E-state index is 0.973. The van der Waals surface area contributed by atoms with E-state index in [1.54, 1.807) is 0 Å². The molecule has 0 unspecified atom stereocenters. The van der Waals surface area contributed by atoms with E-state index in [4.69, 9.17) is 0 Å². The molecule has 0 bridgehead atoms. The van der Waals surface area contributed by atoms with Crippen molar-refractivity contribution in [3.8, 4) is 0 Å². The highest BCUT2D eigenvalue weighted by atomic mass is 14.7. The van der Waals surface area contributed by atoms with Crippen molar-refractivity contribution in [2.45, 2.75) is 13.8 Å². The van der Waals surface area contributed by atoms with Crippen LogP contribution in [0.2, 0.25) is 0 Å². The summed E-state index contributed by atoms with van der Waals surface area (Å²) in [6.45, 7) is 4.07. The summed E-state index contributed by atoms with van der Waals surface area (Å²) in [4.78, 5) is 9.32. The van der Waals surface area contributed by atoms with Gasteiger partial charge in [-0.05, 0) is 49.2 Å². The zero-order valence-electron chi connectivity index (χ0n) is 14.0. The normalized spacial score (nSPS) is 12.2. The van der Waals surface area contributed by atoms with Crippen LogP contribution < -0.4 is 0 Å². The van der Waals surface area contributed by atoms with Gasteiger partial charge in [0.05, 0.1) is 11.4 Å². The number of rotatable bonds is 4. The minimum Gasteiger partial charge on any atom is -0.253 e. The maximum atomic E-state index is 4.66. The zero-order valence-corrected chi connectivity index (χ0v) is 14.0. The lowest BCUT2D eigenvalue weighted by Gasteiger charge is -2.05. The molecule has 3 aromatic carbocycles. The van der Waals surface area contributed by atoms with Gasteiger partial charge in [0.15, 0.2) is 0 Å². The fraction of sp³-hybridized carbons (Fsp3) is 0.0909. The molecule has 0 heterocycles. The molecular formula is C22H20N2. The molecule has 118 valence electrons. The van der Waals surface area contributed by atoms with Gasteiger partial charge < -0.3 is 0 Å². The molecule has 0 radical (unpaired) electrons. The summed E-state index contributed by atoms with van der Waals surface area (Å²) in [5, 5.41) is 0. The van der Waals surface area contributed by atoms with E-state index in [0.717, 1.165) is 33.9 Å². The molecule has 2 nitrogen and oxygen atoms in total. The van der Waals surface area contributed by atoms with Crippen molar-refractivity contribution < 1.29 is 0 Å². The predicted octanol–water partition coefficient (Wildman–Crippen LogP) is 5.97. The number of aliphatic imine (C=N–C) groups is 2. The Hall–Kier alpha value is -3.00. The number of nitrogens with zero attached hydrogens (tertiary/aromatic N) is 2. The highest BCUT2D eigenvalue weighted by Gasteiger charge is 2.01. The molecular weight excluding hydrogens is 292 g/mol. The molecule has 0 aliphatic carbocycles. The van der Waals surface area contributed by atoms with Crippen molar-refractivity contribution in [2.75, 3.05) is 0 Å². The van der Waals surface area contributed by atoms with Crippen LogP contribution in [0.4, 0.5) is 11.4 Å². The van der Waals surface area contributed by atoms with Gasteiger partial charge in [0.2, 0.25) is 0 Å². The third kappa shape index (κ3) is 4.05. The van der Waals surface area contributed by atoms with Crippen molar-refractivity contribution in [3.05, 3.63) is 96.1 Å². The molecule has 0 amide bonds. The van der Waals surface area contributed by atoms with Crippen molar-refractivity contribution >= 4 is 22.8 Å². The lowest BCUT2D eigenvalue weighted by atomic mass is 10.1. The Kier molecular flexibility index (Phi) is 4.97. The first kappa shape index (κ1) is 15.9. The van der Waals surface area contributed by atoms with E-state index in [2.05, 4.69) is 34.3 Å². The van der Waals surface area contributed by atoms with Crippen LogP contribution in [0.25, 0.3) is 0 Å². The Bertz CT molecular complexity index is 771. The van der Waals surface area contributed by atoms with Crippen molar-refractivity contribution in [3.63, 3.8) is 0 Å². The van der Waals surface area contributed by atoms with Gasteiger partial charge in [-0.2, -0.15) is 0 Å². The summed E-state index contributed by atoms with van der Waals surface area (Å²) in [7, 11) is 0. The van der Waals surface area contributed by atoms with E-state index in [9.17, 15) is 0 Å². The van der Waals surface area contributed by atoms with Gasteiger partial charge in [0.25, 0.3) is 0 Å². The molecule has 0 atom stereocenters. The van der Waals surface area contributed by atoms with Gasteiger partial charge in [0, 0.05) is 11.4 Å². The first-order valence-corrected chi connectivity index (χ1v) is 8.04. The van der Waals surface area contributed by atoms with Crippen LogP contribution in [0.1, 0.15) is 25.0 Å². The van der Waals surface area contributed by atoms with Gasteiger partial charge in [-0.25, -0.2) is 0 Å². The Morgan fingerprint density at radius 2 is 0.833 bits per heavy atom. The Morgan fingerprint density at radius 1 is 0.500 bits per heavy atom. The molecule has 3 rings (SSSR count). The molecule has 24 heavy (non-hydrogen) atoms. The second-order valence-electron chi connectivity index (χ2n) is 5.64. The van der Waals surface area contributed by atoms with Crippen LogP contribution in [0, 0.1) is 0 Å². The van der Waals surface area contributed by atoms with Crippen LogP contribution >= 0.6 is 0 Å². The first-order chi connectivity index (χ1) is 11.7. The van der Waals surface area contributed by atoms with E-state index in [0.29, 0.717) is 0 Å². The van der Waals surface area contributed by atoms with Crippen LogP contribution in [0.5, 0.6) is 0 Å². The van der Waals surface area contributed by atoms with E-state index in [-0.39, 0.29) is 0 Å². The first-order valence-electron chi connectivity index (χ1n) is 8.04. The molecule has 0 fully saturated rings. The summed E-state index contributed by atoms with van der Waals surface area (Å²) < 4.78 is 0. The van der Waals surface area contributed by atoms with Gasteiger partial charge in [-0.15, -0.1) is 0 Å². The maximum Gasteiger partial charge on any atom is 0.0633 e. The number of benzene rings is 3. The van der Waals surface area contributed by atoms with Crippen LogP contribution in [-0.4, -0.2) is 11.4 Å². The van der Waals surface area contributed by atoms with Gasteiger partial charge in [-0.1, -0.05) is 60.7 Å². The number of hydrogen-bond acceptors (Lipinski definition) is 2. The lowest BCUT2D eigenvalue weighted by molar-refractivity contribution is 1.45. The van der Waals surface area contributed by atoms with Gasteiger partial charge >= 0.3 is 0 Å². The molecule has 0 N–H and O–H groups in total. The maximum absolute atomic E-state index is 4.66. The molecule has 0 aromatic heterocycles. The van der Waals surface area contributed by atoms with E-state index >= 15 is 0 Å². The van der Waals surface area contributed by atoms with E-state index in [1.165, 1.54) is 0 Å². The third-order valence-electron chi connectivity index (χ3n) is 3.83. The zero-order chi connectivity index (χ0) is 16.8. The third-order valence-corrected chi connectivity index (χ3v) is 3.83. The van der Waals surface area contributed by atoms with Gasteiger partial charge in [0.1, 0.15) is 0 Å². The lowest BCUT2D eigenvalue weighted by Crippen LogP contribution is -1.98. The van der Waals surface area contributed by atoms with Crippen LogP contribution in [-0.2, 0) is 0 Å². The summed E-state index contributed by atoms with van der Waals surface area (Å²) in [5.41, 5.74) is 6.20. The fourth-order valence-corrected chi connectivity index (χ4v) is 2.47. The minimum absolute atomic E-state index is 0.973. The molecule has 0 aliphatic heterocycles. The summed E-state index contributed by atoms with van der Waals surface area (Å²) in [6, 6.07) is 28.4. The van der Waals surface area contributed by atoms with Crippen molar-refractivity contribution in [2.24, 2.45) is 9.98 Å². The largest absolute Gasteiger partial charge is 0.253 e. The second-order valence-corrected chi connectivity index (χ2v) is 5.64. The van der Waals surface area contributed by atoms with E-state index in [1.807, 2.05) is 74.5 Å². The molecule has 0 saturated heterocycles. The number of hydrogen-bond donors (Lipinski definition) is 0. The standard InChI is InChI=1S/C22H20N2/c1-17(23-21-9-5-3-6-10-21)19-13-15-20(16-14-19)18(2)24-22-11-7-4-8-12-22/h3-16H,1-2H3. The van der Waals surface area contributed by atoms with Crippen molar-refractivity contribution in [1.82, 2.24) is 0 Å². The Morgan fingerprint density at radius 3 is 1.17 bits per heavy atom. The predicted molar refractivity (Wildman–Crippen MR) is 103 cm³/mol.